The number of thioether (sulfide) groups is 1. The molecule has 1 heterocycles. The smallest absolute Gasteiger partial charge is 0.230 e. The third-order valence-electron chi connectivity index (χ3n) is 3.63. The molecule has 0 aliphatic carbocycles. The first kappa shape index (κ1) is 16.4. The van der Waals surface area contributed by atoms with Crippen molar-refractivity contribution in [2.45, 2.75) is 37.6 Å². The van der Waals surface area contributed by atoms with Gasteiger partial charge in [0, 0.05) is 4.90 Å². The van der Waals surface area contributed by atoms with Crippen molar-refractivity contribution in [3.8, 4) is 0 Å². The number of carbonyl (C=O) groups is 1. The summed E-state index contributed by atoms with van der Waals surface area (Å²) in [7, 11) is -3.00. The van der Waals surface area contributed by atoms with Crippen LogP contribution >= 0.6 is 11.8 Å². The number of hydrogen-bond donors (Lipinski definition) is 1. The molecule has 0 aromatic heterocycles. The van der Waals surface area contributed by atoms with Crippen LogP contribution in [-0.4, -0.2) is 37.1 Å². The van der Waals surface area contributed by atoms with Gasteiger partial charge in [0.05, 0.1) is 22.8 Å². The van der Waals surface area contributed by atoms with Crippen LogP contribution in [0.5, 0.6) is 0 Å². The largest absolute Gasteiger partial charge is 0.349 e. The Balaban J connectivity index is 1.91. The fourth-order valence-corrected chi connectivity index (χ4v) is 5.49. The summed E-state index contributed by atoms with van der Waals surface area (Å²) in [6.45, 7) is 5.87. The van der Waals surface area contributed by atoms with Gasteiger partial charge in [0.15, 0.2) is 9.84 Å². The van der Waals surface area contributed by atoms with Gasteiger partial charge in [0.25, 0.3) is 0 Å². The summed E-state index contributed by atoms with van der Waals surface area (Å²) < 4.78 is 23.1. The average Bonchev–Trinajstić information content (AvgIpc) is 2.62. The Morgan fingerprint density at radius 3 is 2.67 bits per heavy atom. The summed E-state index contributed by atoms with van der Waals surface area (Å²) in [5, 5.41) is 2.87. The number of aryl methyl sites for hydroxylation is 2. The first-order valence-corrected chi connectivity index (χ1v) is 9.71. The Morgan fingerprint density at radius 1 is 1.38 bits per heavy atom. The molecule has 116 valence electrons. The minimum absolute atomic E-state index is 0.0416. The number of rotatable bonds is 4. The lowest BCUT2D eigenvalue weighted by Gasteiger charge is -2.23. The Hall–Kier alpha value is -1.01. The van der Waals surface area contributed by atoms with Crippen LogP contribution < -0.4 is 5.32 Å². The summed E-state index contributed by atoms with van der Waals surface area (Å²) >= 11 is 1.48. The second-order valence-electron chi connectivity index (χ2n) is 6.01. The molecule has 1 amide bonds. The Bertz CT molecular complexity index is 655. The fraction of sp³-hybridized carbons (Fsp3) is 0.533. The molecule has 1 aliphatic heterocycles. The number of nitrogens with one attached hydrogen (secondary N) is 1. The molecule has 1 atom stereocenters. The summed E-state index contributed by atoms with van der Waals surface area (Å²) in [5.41, 5.74) is 1.74. The van der Waals surface area contributed by atoms with E-state index < -0.39 is 15.4 Å². The van der Waals surface area contributed by atoms with Gasteiger partial charge in [-0.1, -0.05) is 17.7 Å². The fourth-order valence-electron chi connectivity index (χ4n) is 2.59. The molecule has 1 aromatic carbocycles. The SMILES string of the molecule is Cc1ccc(SCC(=O)N[C@]2(C)CCS(=O)(=O)C2)c(C)c1. The van der Waals surface area contributed by atoms with E-state index in [4.69, 9.17) is 0 Å². The quantitative estimate of drug-likeness (QED) is 0.860. The zero-order valence-electron chi connectivity index (χ0n) is 12.6. The van der Waals surface area contributed by atoms with Crippen LogP contribution in [0.4, 0.5) is 0 Å². The molecule has 1 N–H and O–H groups in total. The normalized spacial score (nSPS) is 24.0. The molecule has 0 unspecified atom stereocenters. The number of carbonyl (C=O) groups excluding carboxylic acids is 1. The Labute approximate surface area is 130 Å². The number of sulfone groups is 1. The molecule has 1 aliphatic rings. The topological polar surface area (TPSA) is 63.2 Å². The lowest BCUT2D eigenvalue weighted by molar-refractivity contribution is -0.120. The summed E-state index contributed by atoms with van der Waals surface area (Å²) in [6.07, 6.45) is 0.495. The van der Waals surface area contributed by atoms with E-state index in [0.29, 0.717) is 12.2 Å². The Morgan fingerprint density at radius 2 is 2.10 bits per heavy atom. The minimum Gasteiger partial charge on any atom is -0.349 e. The van der Waals surface area contributed by atoms with E-state index in [-0.39, 0.29) is 17.4 Å². The second kappa shape index (κ2) is 6.01. The van der Waals surface area contributed by atoms with Gasteiger partial charge < -0.3 is 5.32 Å². The van der Waals surface area contributed by atoms with Crippen LogP contribution in [0.2, 0.25) is 0 Å². The lowest BCUT2D eigenvalue weighted by Crippen LogP contribution is -2.47. The summed E-state index contributed by atoms with van der Waals surface area (Å²) in [6, 6.07) is 6.13. The maximum atomic E-state index is 12.0. The maximum absolute atomic E-state index is 12.0. The zero-order valence-corrected chi connectivity index (χ0v) is 14.2. The number of benzene rings is 1. The predicted octanol–water partition coefficient (Wildman–Crippen LogP) is 2.09. The standard InChI is InChI=1S/C15H21NO3S2/c1-11-4-5-13(12(2)8-11)20-9-14(17)16-15(3)6-7-21(18,19)10-15/h4-5,8H,6-7,9-10H2,1-3H3,(H,16,17)/t15-/m1/s1. The molecule has 6 heteroatoms. The highest BCUT2D eigenvalue weighted by Crippen LogP contribution is 2.25. The van der Waals surface area contributed by atoms with Crippen LogP contribution in [-0.2, 0) is 14.6 Å². The van der Waals surface area contributed by atoms with Gasteiger partial charge in [-0.25, -0.2) is 8.42 Å². The lowest BCUT2D eigenvalue weighted by atomic mass is 10.0. The third kappa shape index (κ3) is 4.48. The predicted molar refractivity (Wildman–Crippen MR) is 86.5 cm³/mol. The first-order valence-electron chi connectivity index (χ1n) is 6.91. The van der Waals surface area contributed by atoms with Gasteiger partial charge in [0.2, 0.25) is 5.91 Å². The molecule has 4 nitrogen and oxygen atoms in total. The van der Waals surface area contributed by atoms with Crippen LogP contribution in [0.25, 0.3) is 0 Å². The monoisotopic (exact) mass is 327 g/mol. The molecule has 0 spiro atoms. The van der Waals surface area contributed by atoms with Gasteiger partial charge in [-0.2, -0.15) is 0 Å². The van der Waals surface area contributed by atoms with E-state index in [9.17, 15) is 13.2 Å². The van der Waals surface area contributed by atoms with Crippen molar-refractivity contribution in [1.82, 2.24) is 5.32 Å². The van der Waals surface area contributed by atoms with Gasteiger partial charge in [-0.3, -0.25) is 4.79 Å². The number of hydrogen-bond acceptors (Lipinski definition) is 4. The molecule has 2 rings (SSSR count). The van der Waals surface area contributed by atoms with Crippen LogP contribution in [0.1, 0.15) is 24.5 Å². The van der Waals surface area contributed by atoms with Crippen molar-refractivity contribution in [3.05, 3.63) is 29.3 Å². The molecule has 0 radical (unpaired) electrons. The molecule has 21 heavy (non-hydrogen) atoms. The molecule has 1 fully saturated rings. The van der Waals surface area contributed by atoms with Crippen molar-refractivity contribution in [2.24, 2.45) is 0 Å². The highest BCUT2D eigenvalue weighted by atomic mass is 32.2. The van der Waals surface area contributed by atoms with Crippen molar-refractivity contribution >= 4 is 27.5 Å². The van der Waals surface area contributed by atoms with Gasteiger partial charge >= 0.3 is 0 Å². The molecular formula is C15H21NO3S2. The highest BCUT2D eigenvalue weighted by molar-refractivity contribution is 8.00. The Kier molecular flexibility index (Phi) is 4.68. The molecule has 0 bridgehead atoms. The first-order chi connectivity index (χ1) is 9.69. The van der Waals surface area contributed by atoms with Crippen LogP contribution in [0.15, 0.2) is 23.1 Å². The van der Waals surface area contributed by atoms with Crippen molar-refractivity contribution in [1.29, 1.82) is 0 Å². The van der Waals surface area contributed by atoms with E-state index in [1.807, 2.05) is 26.0 Å². The highest BCUT2D eigenvalue weighted by Gasteiger charge is 2.39. The van der Waals surface area contributed by atoms with Gasteiger partial charge in [-0.05, 0) is 38.8 Å². The van der Waals surface area contributed by atoms with Crippen molar-refractivity contribution in [2.75, 3.05) is 17.3 Å². The van der Waals surface area contributed by atoms with E-state index in [0.717, 1.165) is 10.5 Å². The van der Waals surface area contributed by atoms with Crippen LogP contribution in [0, 0.1) is 13.8 Å². The summed E-state index contributed by atoms with van der Waals surface area (Å²) in [5.74, 6) is 0.396. The van der Waals surface area contributed by atoms with E-state index >= 15 is 0 Å². The van der Waals surface area contributed by atoms with Crippen molar-refractivity contribution < 1.29 is 13.2 Å². The third-order valence-corrected chi connectivity index (χ3v) is 6.71. The zero-order chi connectivity index (χ0) is 15.7. The van der Waals surface area contributed by atoms with Gasteiger partial charge in [-0.15, -0.1) is 11.8 Å². The van der Waals surface area contributed by atoms with Gasteiger partial charge in [0.1, 0.15) is 0 Å². The number of amides is 1. The van der Waals surface area contributed by atoms with Crippen molar-refractivity contribution in [3.63, 3.8) is 0 Å². The molecule has 1 saturated heterocycles. The van der Waals surface area contributed by atoms with E-state index in [1.54, 1.807) is 6.92 Å². The molecule has 0 saturated carbocycles. The van der Waals surface area contributed by atoms with E-state index in [1.165, 1.54) is 17.3 Å². The average molecular weight is 327 g/mol. The molecular weight excluding hydrogens is 306 g/mol. The van der Waals surface area contributed by atoms with E-state index in [2.05, 4.69) is 11.4 Å². The summed E-state index contributed by atoms with van der Waals surface area (Å²) in [4.78, 5) is 13.1. The maximum Gasteiger partial charge on any atom is 0.230 e. The molecule has 1 aromatic rings. The minimum atomic E-state index is -3.00. The van der Waals surface area contributed by atoms with Crippen LogP contribution in [0.3, 0.4) is 0 Å². The second-order valence-corrected chi connectivity index (χ2v) is 9.21.